The predicted molar refractivity (Wildman–Crippen MR) is 138 cm³/mol. The molecule has 1 aliphatic heterocycles. The Labute approximate surface area is 212 Å². The van der Waals surface area contributed by atoms with Gasteiger partial charge in [-0.25, -0.2) is 4.79 Å². The number of carbonyl (C=O) groups is 1. The molecule has 0 radical (unpaired) electrons. The number of phenolic OH excluding ortho intramolecular Hbond substituents is 1. The first-order chi connectivity index (χ1) is 17.2. The van der Waals surface area contributed by atoms with E-state index in [2.05, 4.69) is 0 Å². The third-order valence-corrected chi connectivity index (χ3v) is 6.24. The average molecular weight is 494 g/mol. The van der Waals surface area contributed by atoms with Crippen LogP contribution in [-0.4, -0.2) is 59.2 Å². The molecule has 1 amide bonds. The molecule has 1 heterocycles. The number of rotatable bonds is 7. The van der Waals surface area contributed by atoms with Crippen molar-refractivity contribution >= 4 is 16.9 Å². The first-order valence-corrected chi connectivity index (χ1v) is 12.4. The largest absolute Gasteiger partial charge is 0.507 e. The molecule has 3 aromatic carbocycles. The van der Waals surface area contributed by atoms with Crippen LogP contribution in [0, 0.1) is 0 Å². The van der Waals surface area contributed by atoms with Crippen LogP contribution in [0.15, 0.2) is 60.7 Å². The third kappa shape index (κ3) is 6.47. The maximum Gasteiger partial charge on any atom is 0.410 e. The number of fused-ring (bicyclic) bond motifs is 1. The molecule has 7 heteroatoms. The summed E-state index contributed by atoms with van der Waals surface area (Å²) in [4.78, 5) is 14.5. The van der Waals surface area contributed by atoms with Crippen molar-refractivity contribution in [1.82, 2.24) is 4.90 Å². The minimum absolute atomic E-state index is 0.0366. The van der Waals surface area contributed by atoms with Crippen molar-refractivity contribution in [3.05, 3.63) is 71.8 Å². The van der Waals surface area contributed by atoms with E-state index < -0.39 is 5.60 Å². The van der Waals surface area contributed by atoms with E-state index in [1.165, 1.54) is 0 Å². The maximum atomic E-state index is 12.8. The van der Waals surface area contributed by atoms with Gasteiger partial charge >= 0.3 is 6.09 Å². The van der Waals surface area contributed by atoms with Gasteiger partial charge in [-0.3, -0.25) is 0 Å². The number of benzene rings is 3. The zero-order valence-corrected chi connectivity index (χ0v) is 21.1. The number of hydrogen-bond donors (Lipinski definition) is 2. The van der Waals surface area contributed by atoms with Crippen LogP contribution in [-0.2, 0) is 16.1 Å². The Bertz CT molecular complexity index is 1170. The van der Waals surface area contributed by atoms with E-state index in [0.717, 1.165) is 28.3 Å². The van der Waals surface area contributed by atoms with Crippen molar-refractivity contribution in [2.45, 2.75) is 51.4 Å². The van der Waals surface area contributed by atoms with Crippen LogP contribution >= 0.6 is 0 Å². The molecule has 0 bridgehead atoms. The lowest BCUT2D eigenvalue weighted by molar-refractivity contribution is -0.0359. The number of ether oxygens (including phenoxy) is 3. The van der Waals surface area contributed by atoms with Gasteiger partial charge < -0.3 is 29.3 Å². The van der Waals surface area contributed by atoms with Crippen molar-refractivity contribution < 1.29 is 29.2 Å². The fourth-order valence-corrected chi connectivity index (χ4v) is 4.57. The zero-order chi connectivity index (χ0) is 25.7. The molecule has 1 aliphatic rings. The van der Waals surface area contributed by atoms with Gasteiger partial charge in [-0.05, 0) is 68.0 Å². The number of piperidine rings is 1. The molecule has 2 unspecified atom stereocenters. The number of aromatic hydroxyl groups is 1. The van der Waals surface area contributed by atoms with Crippen LogP contribution < -0.4 is 4.74 Å². The van der Waals surface area contributed by atoms with E-state index in [-0.39, 0.29) is 37.1 Å². The number of hydrogen-bond acceptors (Lipinski definition) is 6. The molecule has 1 fully saturated rings. The van der Waals surface area contributed by atoms with Crippen molar-refractivity contribution in [3.8, 4) is 11.5 Å². The predicted octanol–water partition coefficient (Wildman–Crippen LogP) is 5.23. The lowest BCUT2D eigenvalue weighted by Gasteiger charge is -2.39. The number of nitrogens with zero attached hydrogens (tertiary/aromatic N) is 1. The molecule has 3 aromatic rings. The van der Waals surface area contributed by atoms with E-state index in [4.69, 9.17) is 19.3 Å². The molecular weight excluding hydrogens is 458 g/mol. The van der Waals surface area contributed by atoms with Crippen LogP contribution in [0.2, 0.25) is 0 Å². The molecule has 192 valence electrons. The maximum absolute atomic E-state index is 12.8. The van der Waals surface area contributed by atoms with Gasteiger partial charge in [0.25, 0.3) is 0 Å². The molecule has 0 saturated carbocycles. The molecule has 0 aliphatic carbocycles. The molecule has 36 heavy (non-hydrogen) atoms. The van der Waals surface area contributed by atoms with Gasteiger partial charge in [0.15, 0.2) is 0 Å². The summed E-state index contributed by atoms with van der Waals surface area (Å²) in [7, 11) is 0. The van der Waals surface area contributed by atoms with Gasteiger partial charge in [0.1, 0.15) is 23.7 Å². The van der Waals surface area contributed by atoms with Gasteiger partial charge in [0, 0.05) is 17.8 Å². The summed E-state index contributed by atoms with van der Waals surface area (Å²) in [6.07, 6.45) is 0.124. The number of amides is 1. The second-order valence-electron chi connectivity index (χ2n) is 10.1. The lowest BCUT2D eigenvalue weighted by atomic mass is 9.87. The van der Waals surface area contributed by atoms with Crippen molar-refractivity contribution in [3.63, 3.8) is 0 Å². The van der Waals surface area contributed by atoms with Crippen LogP contribution in [0.4, 0.5) is 4.79 Å². The van der Waals surface area contributed by atoms with Gasteiger partial charge in [0.2, 0.25) is 0 Å². The number of phenols is 1. The highest BCUT2D eigenvalue weighted by atomic mass is 16.6. The Morgan fingerprint density at radius 3 is 2.56 bits per heavy atom. The number of carbonyl (C=O) groups excluding carboxylic acids is 1. The van der Waals surface area contributed by atoms with Crippen molar-refractivity contribution in [1.29, 1.82) is 0 Å². The Kier molecular flexibility index (Phi) is 8.01. The molecule has 0 aromatic heterocycles. The van der Waals surface area contributed by atoms with Gasteiger partial charge in [-0.15, -0.1) is 0 Å². The second kappa shape index (κ2) is 11.2. The summed E-state index contributed by atoms with van der Waals surface area (Å²) in [5, 5.41) is 21.2. The standard InChI is InChI=1S/C29H35NO6/c1-29(2,3)36-28(33)30-13-12-25(21-8-10-23(11-9-21)34-15-14-31)27(18-30)35-19-20-16-22-6-4-5-7-24(22)26(32)17-20/h4-11,16-17,25,27,31-32H,12-15,18-19H2,1-3H3. The summed E-state index contributed by atoms with van der Waals surface area (Å²) < 4.78 is 17.5. The molecule has 2 N–H and O–H groups in total. The highest BCUT2D eigenvalue weighted by Gasteiger charge is 2.35. The molecule has 4 rings (SSSR count). The smallest absolute Gasteiger partial charge is 0.410 e. The molecule has 0 spiro atoms. The van der Waals surface area contributed by atoms with E-state index in [1.54, 1.807) is 11.0 Å². The normalized spacial score (nSPS) is 18.3. The quantitative estimate of drug-likeness (QED) is 0.469. The van der Waals surface area contributed by atoms with E-state index in [1.807, 2.05) is 75.4 Å². The lowest BCUT2D eigenvalue weighted by Crippen LogP contribution is -2.48. The minimum atomic E-state index is -0.572. The van der Waals surface area contributed by atoms with Crippen LogP contribution in [0.5, 0.6) is 11.5 Å². The summed E-state index contributed by atoms with van der Waals surface area (Å²) in [6.45, 7) is 7.07. The highest BCUT2D eigenvalue weighted by Crippen LogP contribution is 2.34. The fraction of sp³-hybridized carbons (Fsp3) is 0.414. The van der Waals surface area contributed by atoms with Crippen LogP contribution in [0.1, 0.15) is 44.2 Å². The van der Waals surface area contributed by atoms with Crippen molar-refractivity contribution in [2.75, 3.05) is 26.3 Å². The topological polar surface area (TPSA) is 88.5 Å². The molecular formula is C29H35NO6. The zero-order valence-electron chi connectivity index (χ0n) is 21.1. The first-order valence-electron chi connectivity index (χ1n) is 12.4. The number of aliphatic hydroxyl groups is 1. The van der Waals surface area contributed by atoms with Gasteiger partial charge in [-0.1, -0.05) is 36.4 Å². The Hall–Kier alpha value is -3.29. The molecule has 2 atom stereocenters. The molecule has 7 nitrogen and oxygen atoms in total. The summed E-state index contributed by atoms with van der Waals surface area (Å²) in [6, 6.07) is 19.3. The van der Waals surface area contributed by atoms with Gasteiger partial charge in [0.05, 0.1) is 25.9 Å². The fourth-order valence-electron chi connectivity index (χ4n) is 4.57. The summed E-state index contributed by atoms with van der Waals surface area (Å²) >= 11 is 0. The van der Waals surface area contributed by atoms with E-state index in [9.17, 15) is 9.90 Å². The van der Waals surface area contributed by atoms with E-state index in [0.29, 0.717) is 25.4 Å². The molecule has 1 saturated heterocycles. The minimum Gasteiger partial charge on any atom is -0.507 e. The SMILES string of the molecule is CC(C)(C)OC(=O)N1CCC(c2ccc(OCCO)cc2)C(OCc2cc(O)c3ccccc3c2)C1. The van der Waals surface area contributed by atoms with Crippen molar-refractivity contribution in [2.24, 2.45) is 0 Å². The Balaban J connectivity index is 1.53. The Morgan fingerprint density at radius 1 is 1.08 bits per heavy atom. The monoisotopic (exact) mass is 493 g/mol. The average Bonchev–Trinajstić information content (AvgIpc) is 2.85. The van der Waals surface area contributed by atoms with E-state index >= 15 is 0 Å². The van der Waals surface area contributed by atoms with Crippen LogP contribution in [0.25, 0.3) is 10.8 Å². The number of likely N-dealkylation sites (tertiary alicyclic amines) is 1. The van der Waals surface area contributed by atoms with Gasteiger partial charge in [-0.2, -0.15) is 0 Å². The third-order valence-electron chi connectivity index (χ3n) is 6.24. The van der Waals surface area contributed by atoms with Crippen LogP contribution in [0.3, 0.4) is 0 Å². The first kappa shape index (κ1) is 25.8. The highest BCUT2D eigenvalue weighted by molar-refractivity contribution is 5.88. The second-order valence-corrected chi connectivity index (χ2v) is 10.1. The number of aliphatic hydroxyl groups excluding tert-OH is 1. The summed E-state index contributed by atoms with van der Waals surface area (Å²) in [5.74, 6) is 0.994. The Morgan fingerprint density at radius 2 is 1.83 bits per heavy atom. The summed E-state index contributed by atoms with van der Waals surface area (Å²) in [5.41, 5.74) is 1.39.